The summed E-state index contributed by atoms with van der Waals surface area (Å²) in [6, 6.07) is 0. The van der Waals surface area contributed by atoms with Crippen molar-refractivity contribution in [3.05, 3.63) is 130 Å². The van der Waals surface area contributed by atoms with Crippen LogP contribution in [-0.2, 0) is 23.9 Å². The van der Waals surface area contributed by atoms with Crippen LogP contribution in [-0.4, -0.2) is 56.2 Å². The number of Topliss-reactive ketones (excluding diaryl/α,β-unsaturated/α-hetero) is 2. The van der Waals surface area contributed by atoms with Crippen molar-refractivity contribution in [2.75, 3.05) is 7.11 Å². The Bertz CT molecular complexity index is 1860. The van der Waals surface area contributed by atoms with E-state index in [0.717, 1.165) is 39.0 Å². The van der Waals surface area contributed by atoms with Gasteiger partial charge in [-0.05, 0) is 108 Å². The van der Waals surface area contributed by atoms with Gasteiger partial charge < -0.3 is 9.84 Å². The Morgan fingerprint density at radius 3 is 1.50 bits per heavy atom. The van der Waals surface area contributed by atoms with E-state index in [4.69, 9.17) is 4.74 Å². The summed E-state index contributed by atoms with van der Waals surface area (Å²) in [5, 5.41) is 8.53. The minimum Gasteiger partial charge on any atom is -0.480 e. The molecule has 0 aromatic carbocycles. The number of carbonyl (C=O) groups excluding carboxylic acids is 3. The second-order valence-corrected chi connectivity index (χ2v) is 20.0. The summed E-state index contributed by atoms with van der Waals surface area (Å²) in [5.74, 6) is -1.12. The summed E-state index contributed by atoms with van der Waals surface area (Å²) >= 11 is 2.62. The molecule has 0 amide bonds. The van der Waals surface area contributed by atoms with Crippen LogP contribution in [0.5, 0.6) is 0 Å². The number of hydrogen-bond donors (Lipinski definition) is 1. The molecule has 0 aromatic heterocycles. The van der Waals surface area contributed by atoms with E-state index in [-0.39, 0.29) is 38.9 Å². The van der Waals surface area contributed by atoms with Crippen LogP contribution in [0.1, 0.15) is 103 Å². The normalized spacial score (nSPS) is 22.5. The average Bonchev–Trinajstić information content (AvgIpc) is 3.10. The molecule has 3 atom stereocenters. The summed E-state index contributed by atoms with van der Waals surface area (Å²) in [6.45, 7) is 25.5. The quantitative estimate of drug-likeness (QED) is 0.122. The van der Waals surface area contributed by atoms with Crippen LogP contribution in [0.25, 0.3) is 0 Å². The highest BCUT2D eigenvalue weighted by atomic mass is 32.2. The molecule has 0 saturated heterocycles. The highest BCUT2D eigenvalue weighted by Crippen LogP contribution is 2.46. The molecule has 0 bridgehead atoms. The number of thioether (sulfide) groups is 2. The molecule has 6 nitrogen and oxygen atoms in total. The lowest BCUT2D eigenvalue weighted by molar-refractivity contribution is -0.140. The van der Waals surface area contributed by atoms with Crippen LogP contribution in [0.15, 0.2) is 130 Å². The summed E-state index contributed by atoms with van der Waals surface area (Å²) in [4.78, 5) is 50.0. The Morgan fingerprint density at radius 1 is 0.714 bits per heavy atom. The van der Waals surface area contributed by atoms with Crippen molar-refractivity contribution >= 4 is 47.0 Å². The van der Waals surface area contributed by atoms with Crippen molar-refractivity contribution < 1.29 is 29.0 Å². The van der Waals surface area contributed by atoms with Crippen molar-refractivity contribution in [3.8, 4) is 0 Å². The zero-order chi connectivity index (χ0) is 42.6. The number of ether oxygens (including phenoxy) is 1. The van der Waals surface area contributed by atoms with Gasteiger partial charge in [-0.15, -0.1) is 23.5 Å². The highest BCUT2D eigenvalue weighted by Gasteiger charge is 2.43. The van der Waals surface area contributed by atoms with Gasteiger partial charge in [-0.1, -0.05) is 135 Å². The molecule has 8 heteroatoms. The molecule has 56 heavy (non-hydrogen) atoms. The minimum atomic E-state index is -1.03. The Morgan fingerprint density at radius 2 is 1.09 bits per heavy atom. The van der Waals surface area contributed by atoms with Gasteiger partial charge in [-0.2, -0.15) is 0 Å². The van der Waals surface area contributed by atoms with Crippen molar-refractivity contribution in [1.29, 1.82) is 0 Å². The molecule has 2 rings (SSSR count). The number of rotatable bonds is 16. The lowest BCUT2D eigenvalue weighted by Gasteiger charge is -2.38. The highest BCUT2D eigenvalue weighted by molar-refractivity contribution is 8.02. The third-order valence-electron chi connectivity index (χ3n) is 10.1. The average molecular weight is 801 g/mol. The van der Waals surface area contributed by atoms with Gasteiger partial charge >= 0.3 is 11.9 Å². The second kappa shape index (κ2) is 21.0. The molecule has 304 valence electrons. The first-order chi connectivity index (χ1) is 25.9. The van der Waals surface area contributed by atoms with Gasteiger partial charge in [0.25, 0.3) is 0 Å². The topological polar surface area (TPSA) is 97.7 Å². The van der Waals surface area contributed by atoms with Gasteiger partial charge in [-0.3, -0.25) is 19.2 Å². The number of methoxy groups -OCH3 is 1. The van der Waals surface area contributed by atoms with Gasteiger partial charge in [0.1, 0.15) is 10.00 Å². The van der Waals surface area contributed by atoms with Crippen LogP contribution in [0, 0.1) is 10.8 Å². The number of carboxylic acid groups (broad SMARTS) is 1. The summed E-state index contributed by atoms with van der Waals surface area (Å²) in [5.41, 5.74) is 7.35. The smallest absolute Gasteiger partial charge is 0.319 e. The third-order valence-corrected chi connectivity index (χ3v) is 12.9. The Labute approximate surface area is 345 Å². The predicted octanol–water partition coefficient (Wildman–Crippen LogP) is 11.8. The van der Waals surface area contributed by atoms with E-state index in [1.54, 1.807) is 20.8 Å². The van der Waals surface area contributed by atoms with Crippen molar-refractivity contribution in [2.45, 2.75) is 123 Å². The van der Waals surface area contributed by atoms with E-state index in [1.807, 2.05) is 77.2 Å². The molecular weight excluding hydrogens is 737 g/mol. The minimum absolute atomic E-state index is 0.0163. The first-order valence-electron chi connectivity index (χ1n) is 19.2. The number of carbonyl (C=O) groups is 4. The van der Waals surface area contributed by atoms with Crippen molar-refractivity contribution in [2.24, 2.45) is 10.8 Å². The van der Waals surface area contributed by atoms with Crippen LogP contribution in [0.4, 0.5) is 0 Å². The van der Waals surface area contributed by atoms with E-state index in [0.29, 0.717) is 18.4 Å². The van der Waals surface area contributed by atoms with E-state index >= 15 is 0 Å². The van der Waals surface area contributed by atoms with Crippen LogP contribution < -0.4 is 0 Å². The molecular formula is C48H64O6S2. The monoisotopic (exact) mass is 800 g/mol. The first kappa shape index (κ1) is 48.3. The fourth-order valence-electron chi connectivity index (χ4n) is 6.65. The third kappa shape index (κ3) is 14.3. The maximum Gasteiger partial charge on any atom is 0.319 e. The van der Waals surface area contributed by atoms with Gasteiger partial charge in [0, 0.05) is 0 Å². The van der Waals surface area contributed by atoms with Crippen LogP contribution >= 0.6 is 23.5 Å². The second-order valence-electron chi connectivity index (χ2n) is 16.6. The lowest BCUT2D eigenvalue weighted by atomic mass is 9.72. The number of esters is 1. The summed E-state index contributed by atoms with van der Waals surface area (Å²) < 4.78 is 3.83. The largest absolute Gasteiger partial charge is 0.480 e. The fraction of sp³-hybridized carbons (Fsp3) is 0.458. The Hall–Kier alpha value is -3.88. The van der Waals surface area contributed by atoms with Gasteiger partial charge in [0.15, 0.2) is 11.6 Å². The zero-order valence-electron chi connectivity index (χ0n) is 36.0. The Kier molecular flexibility index (Phi) is 18.1. The molecule has 3 unspecified atom stereocenters. The fourth-order valence-corrected chi connectivity index (χ4v) is 9.76. The lowest BCUT2D eigenvalue weighted by Crippen LogP contribution is -2.39. The van der Waals surface area contributed by atoms with Crippen molar-refractivity contribution in [3.63, 3.8) is 0 Å². The maximum absolute atomic E-state index is 13.2. The zero-order valence-corrected chi connectivity index (χ0v) is 37.7. The standard InChI is InChI=1S/C48H64O6S2/c1-31(21-17-23-33(3)25-27-38-35(5)42(49)40(29-46(38,8)9)55-37(7)44(51)54-14)19-15-16-20-32(2)22-18-24-34(4)26-28-39-36(6)43(50)41(30-47(39,10)11)56-48(12,13)45(52)53/h15-28,37,40-41H,29-30H2,1-14H3,(H,52,53)/b16-15+,21-17+,22-18+,27-25+,28-26+,31-19+,32-20+,33-23+,34-24+. The Balaban J connectivity index is 2.00. The van der Waals surface area contributed by atoms with E-state index < -0.39 is 16.0 Å². The maximum atomic E-state index is 13.2. The summed E-state index contributed by atoms with van der Waals surface area (Å²) in [6.07, 6.45) is 29.8. The molecule has 0 saturated carbocycles. The molecule has 2 aliphatic carbocycles. The SMILES string of the molecule is COC(=O)C(C)SC1CC(C)(C)C(/C=C/C(C)=C/C=C/C(C)=C/C=C/C=C(C)/C=C/C=C(C)/C=C/C2=C(C)C(=O)C(SC(C)(C)C(=O)O)CC2(C)C)=C(C)C1=O. The molecule has 2 aliphatic rings. The van der Waals surface area contributed by atoms with E-state index in [2.05, 4.69) is 77.2 Å². The molecule has 0 radical (unpaired) electrons. The van der Waals surface area contributed by atoms with Gasteiger partial charge in [-0.25, -0.2) is 0 Å². The number of hydrogen-bond acceptors (Lipinski definition) is 7. The number of allylic oxidation sites excluding steroid dienone is 22. The van der Waals surface area contributed by atoms with Crippen molar-refractivity contribution in [1.82, 2.24) is 0 Å². The van der Waals surface area contributed by atoms with Gasteiger partial charge in [0.2, 0.25) is 0 Å². The molecule has 0 spiro atoms. The first-order valence-corrected chi connectivity index (χ1v) is 21.0. The van der Waals surface area contributed by atoms with E-state index in [1.165, 1.54) is 30.6 Å². The van der Waals surface area contributed by atoms with Crippen LogP contribution in [0.2, 0.25) is 0 Å². The number of aliphatic carboxylic acids is 1. The number of ketones is 2. The molecule has 0 aliphatic heterocycles. The predicted molar refractivity (Wildman–Crippen MR) is 239 cm³/mol. The van der Waals surface area contributed by atoms with Crippen LogP contribution in [0.3, 0.4) is 0 Å². The van der Waals surface area contributed by atoms with Gasteiger partial charge in [0.05, 0.1) is 17.6 Å². The summed E-state index contributed by atoms with van der Waals surface area (Å²) in [7, 11) is 1.37. The molecule has 1 N–H and O–H groups in total. The molecule has 0 aromatic rings. The van der Waals surface area contributed by atoms with E-state index in [9.17, 15) is 24.3 Å². The number of carboxylic acids is 1. The molecule has 0 heterocycles. The molecule has 0 fully saturated rings.